The Balaban J connectivity index is 2.49. The number of carbonyl (C=O) groups excluding carboxylic acids is 1. The van der Waals surface area contributed by atoms with Crippen molar-refractivity contribution in [3.63, 3.8) is 0 Å². The van der Waals surface area contributed by atoms with Gasteiger partial charge in [-0.15, -0.1) is 0 Å². The molecule has 0 atom stereocenters. The summed E-state index contributed by atoms with van der Waals surface area (Å²) >= 11 is 3.38. The molecule has 0 amide bonds. The highest BCUT2D eigenvalue weighted by Crippen LogP contribution is 2.36. The van der Waals surface area contributed by atoms with Crippen LogP contribution >= 0.6 is 15.9 Å². The number of halogens is 1. The van der Waals surface area contributed by atoms with E-state index in [2.05, 4.69) is 29.8 Å². The lowest BCUT2D eigenvalue weighted by atomic mass is 10.1. The second-order valence-corrected chi connectivity index (χ2v) is 5.65. The van der Waals surface area contributed by atoms with E-state index in [0.29, 0.717) is 40.7 Å². The van der Waals surface area contributed by atoms with Crippen molar-refractivity contribution in [3.05, 3.63) is 22.2 Å². The van der Waals surface area contributed by atoms with Crippen molar-refractivity contribution in [3.8, 4) is 11.5 Å². The molecule has 0 aliphatic heterocycles. The van der Waals surface area contributed by atoms with Crippen LogP contribution in [0.4, 0.5) is 0 Å². The average molecular weight is 345 g/mol. The van der Waals surface area contributed by atoms with E-state index < -0.39 is 0 Å². The van der Waals surface area contributed by atoms with Crippen LogP contribution in [0.15, 0.2) is 16.6 Å². The zero-order chi connectivity index (χ0) is 15.0. The van der Waals surface area contributed by atoms with Crippen LogP contribution in [-0.2, 0) is 4.74 Å². The van der Waals surface area contributed by atoms with Crippen molar-refractivity contribution in [2.45, 2.75) is 20.3 Å². The SMILES string of the molecule is COc1cc(C=O)cc(Br)c1OCCOCCC(C)C. The first-order chi connectivity index (χ1) is 9.58. The predicted octanol–water partition coefficient (Wildman–Crippen LogP) is 3.71. The van der Waals surface area contributed by atoms with Gasteiger partial charge in [-0.25, -0.2) is 0 Å². The number of hydrogen-bond acceptors (Lipinski definition) is 4. The molecule has 0 heterocycles. The van der Waals surface area contributed by atoms with E-state index in [-0.39, 0.29) is 0 Å². The minimum absolute atomic E-state index is 0.438. The molecule has 0 saturated heterocycles. The molecule has 5 heteroatoms. The number of aldehydes is 1. The van der Waals surface area contributed by atoms with Gasteiger partial charge in [0.1, 0.15) is 12.9 Å². The third-order valence-electron chi connectivity index (χ3n) is 2.70. The van der Waals surface area contributed by atoms with E-state index in [4.69, 9.17) is 14.2 Å². The second-order valence-electron chi connectivity index (χ2n) is 4.80. The van der Waals surface area contributed by atoms with Gasteiger partial charge in [0.2, 0.25) is 0 Å². The fraction of sp³-hybridized carbons (Fsp3) is 0.533. The first-order valence-corrected chi connectivity index (χ1v) is 7.41. The van der Waals surface area contributed by atoms with E-state index in [1.54, 1.807) is 19.2 Å². The molecule has 1 rings (SSSR count). The third-order valence-corrected chi connectivity index (χ3v) is 3.29. The second kappa shape index (κ2) is 8.97. The fourth-order valence-electron chi connectivity index (χ4n) is 1.57. The standard InChI is InChI=1S/C15H21BrO4/c1-11(2)4-5-19-6-7-20-15-13(16)8-12(10-17)9-14(15)18-3/h8-11H,4-7H2,1-3H3. The van der Waals surface area contributed by atoms with Crippen molar-refractivity contribution in [1.82, 2.24) is 0 Å². The molecule has 4 nitrogen and oxygen atoms in total. The molecular formula is C15H21BrO4. The molecule has 0 aliphatic carbocycles. The maximum absolute atomic E-state index is 10.8. The molecule has 0 N–H and O–H groups in total. The van der Waals surface area contributed by atoms with Crippen LogP contribution < -0.4 is 9.47 Å². The van der Waals surface area contributed by atoms with Gasteiger partial charge in [0.25, 0.3) is 0 Å². The van der Waals surface area contributed by atoms with Crippen LogP contribution in [0.2, 0.25) is 0 Å². The van der Waals surface area contributed by atoms with Gasteiger partial charge in [0, 0.05) is 12.2 Å². The van der Waals surface area contributed by atoms with Gasteiger partial charge in [-0.05, 0) is 40.4 Å². The molecule has 0 aliphatic rings. The Labute approximate surface area is 128 Å². The molecule has 1 aromatic carbocycles. The Morgan fingerprint density at radius 2 is 2.00 bits per heavy atom. The molecule has 0 saturated carbocycles. The van der Waals surface area contributed by atoms with Crippen molar-refractivity contribution in [2.24, 2.45) is 5.92 Å². The van der Waals surface area contributed by atoms with Gasteiger partial charge in [0.15, 0.2) is 11.5 Å². The summed E-state index contributed by atoms with van der Waals surface area (Å²) < 4.78 is 17.1. The van der Waals surface area contributed by atoms with Crippen molar-refractivity contribution in [1.29, 1.82) is 0 Å². The summed E-state index contributed by atoms with van der Waals surface area (Å²) in [5.41, 5.74) is 0.536. The van der Waals surface area contributed by atoms with E-state index in [0.717, 1.165) is 19.3 Å². The number of hydrogen-bond donors (Lipinski definition) is 0. The molecule has 0 bridgehead atoms. The van der Waals surface area contributed by atoms with E-state index in [1.165, 1.54) is 0 Å². The topological polar surface area (TPSA) is 44.8 Å². The van der Waals surface area contributed by atoms with Crippen molar-refractivity contribution >= 4 is 22.2 Å². The quantitative estimate of drug-likeness (QED) is 0.506. The monoisotopic (exact) mass is 344 g/mol. The summed E-state index contributed by atoms with van der Waals surface area (Å²) in [6, 6.07) is 3.34. The first-order valence-electron chi connectivity index (χ1n) is 6.61. The number of ether oxygens (including phenoxy) is 3. The average Bonchev–Trinajstić information content (AvgIpc) is 2.42. The first kappa shape index (κ1) is 17.0. The van der Waals surface area contributed by atoms with Crippen LogP contribution in [-0.4, -0.2) is 33.2 Å². The van der Waals surface area contributed by atoms with Crippen LogP contribution in [0.5, 0.6) is 11.5 Å². The van der Waals surface area contributed by atoms with E-state index in [9.17, 15) is 4.79 Å². The number of rotatable bonds is 9. The highest BCUT2D eigenvalue weighted by atomic mass is 79.9. The summed E-state index contributed by atoms with van der Waals surface area (Å²) in [6.07, 6.45) is 1.81. The maximum atomic E-state index is 10.8. The molecular weight excluding hydrogens is 324 g/mol. The Kier molecular flexibility index (Phi) is 7.62. The van der Waals surface area contributed by atoms with Crippen LogP contribution in [0.3, 0.4) is 0 Å². The summed E-state index contributed by atoms with van der Waals surface area (Å²) in [7, 11) is 1.54. The molecule has 0 fully saturated rings. The van der Waals surface area contributed by atoms with Gasteiger partial charge in [0.05, 0.1) is 18.2 Å². The van der Waals surface area contributed by atoms with Gasteiger partial charge >= 0.3 is 0 Å². The third kappa shape index (κ3) is 5.51. The van der Waals surface area contributed by atoms with Crippen LogP contribution in [0, 0.1) is 5.92 Å². The molecule has 20 heavy (non-hydrogen) atoms. The van der Waals surface area contributed by atoms with Gasteiger partial charge in [-0.2, -0.15) is 0 Å². The Hall–Kier alpha value is -1.07. The molecule has 0 radical (unpaired) electrons. The minimum atomic E-state index is 0.438. The molecule has 112 valence electrons. The normalized spacial score (nSPS) is 10.7. The van der Waals surface area contributed by atoms with Crippen molar-refractivity contribution in [2.75, 3.05) is 26.9 Å². The molecule has 1 aromatic rings. The lowest BCUT2D eigenvalue weighted by Gasteiger charge is -2.13. The Morgan fingerprint density at radius 3 is 2.60 bits per heavy atom. The molecule has 0 unspecified atom stereocenters. The predicted molar refractivity (Wildman–Crippen MR) is 81.9 cm³/mol. The van der Waals surface area contributed by atoms with Gasteiger partial charge < -0.3 is 14.2 Å². The lowest BCUT2D eigenvalue weighted by Crippen LogP contribution is -2.09. The Morgan fingerprint density at radius 1 is 1.25 bits per heavy atom. The fourth-order valence-corrected chi connectivity index (χ4v) is 2.15. The Bertz CT molecular complexity index is 432. The van der Waals surface area contributed by atoms with Gasteiger partial charge in [-0.3, -0.25) is 4.79 Å². The largest absolute Gasteiger partial charge is 0.493 e. The highest BCUT2D eigenvalue weighted by molar-refractivity contribution is 9.10. The van der Waals surface area contributed by atoms with E-state index in [1.807, 2.05) is 0 Å². The smallest absolute Gasteiger partial charge is 0.175 e. The summed E-state index contributed by atoms with van der Waals surface area (Å²) in [5, 5.41) is 0. The molecule has 0 spiro atoms. The van der Waals surface area contributed by atoms with Crippen LogP contribution in [0.25, 0.3) is 0 Å². The number of methoxy groups -OCH3 is 1. The maximum Gasteiger partial charge on any atom is 0.175 e. The zero-order valence-corrected chi connectivity index (χ0v) is 13.7. The molecule has 0 aromatic heterocycles. The lowest BCUT2D eigenvalue weighted by molar-refractivity contribution is 0.0913. The van der Waals surface area contributed by atoms with Gasteiger partial charge in [-0.1, -0.05) is 13.8 Å². The summed E-state index contributed by atoms with van der Waals surface area (Å²) in [6.45, 7) is 6.03. The van der Waals surface area contributed by atoms with Crippen LogP contribution in [0.1, 0.15) is 30.6 Å². The minimum Gasteiger partial charge on any atom is -0.493 e. The number of carbonyl (C=O) groups is 1. The van der Waals surface area contributed by atoms with E-state index >= 15 is 0 Å². The van der Waals surface area contributed by atoms with Crippen molar-refractivity contribution < 1.29 is 19.0 Å². The zero-order valence-electron chi connectivity index (χ0n) is 12.1. The summed E-state index contributed by atoms with van der Waals surface area (Å²) in [4.78, 5) is 10.8. The summed E-state index contributed by atoms with van der Waals surface area (Å²) in [5.74, 6) is 1.76. The number of benzene rings is 1. The highest BCUT2D eigenvalue weighted by Gasteiger charge is 2.11.